The van der Waals surface area contributed by atoms with Gasteiger partial charge in [-0.25, -0.2) is 14.1 Å². The molecule has 0 bridgehead atoms. The third-order valence-corrected chi connectivity index (χ3v) is 8.14. The van der Waals surface area contributed by atoms with E-state index >= 15 is 0 Å². The molecular formula is C16H23N5O15P2. The maximum absolute atomic E-state index is 12.3. The number of imidazole rings is 1. The lowest BCUT2D eigenvalue weighted by atomic mass is 10.0. The van der Waals surface area contributed by atoms with E-state index in [4.69, 9.17) is 15.2 Å². The quantitative estimate of drug-likeness (QED) is 0.140. The number of aromatic amines is 1. The summed E-state index contributed by atoms with van der Waals surface area (Å²) < 4.78 is 49.0. The van der Waals surface area contributed by atoms with Crippen LogP contribution in [0.1, 0.15) is 13.2 Å². The standard InChI is InChI=1S/C16H23N5O15P2/c1-4-7(22)9(24)11(26)15(33-4)35-38(30,31)36-37(28,29)32-2-5-8(23)10(25)14(34-5)21-3-18-6-12(21)19-16(17)20-13(6)27/h3-5,8-11,14-15,23-26H,2H2,1H3,(H,28,29)(H,30,31)(H3,17,19,20,27)/t4-,5?,8+,9+,10+,11-,14+,15?/m0/s1. The van der Waals surface area contributed by atoms with Gasteiger partial charge in [0.05, 0.1) is 12.9 Å². The fourth-order valence-electron chi connectivity index (χ4n) is 3.69. The van der Waals surface area contributed by atoms with Crippen LogP contribution in [0.2, 0.25) is 0 Å². The number of rotatable bonds is 8. The molecule has 2 aliphatic heterocycles. The van der Waals surface area contributed by atoms with Crippen LogP contribution >= 0.6 is 15.6 Å². The van der Waals surface area contributed by atoms with E-state index in [2.05, 4.69) is 28.3 Å². The minimum atomic E-state index is -5.53. The Morgan fingerprint density at radius 2 is 1.79 bits per heavy atom. The summed E-state index contributed by atoms with van der Waals surface area (Å²) in [5.41, 5.74) is 4.57. The Labute approximate surface area is 210 Å². The molecule has 0 aliphatic carbocycles. The van der Waals surface area contributed by atoms with Gasteiger partial charge in [-0.05, 0) is 6.92 Å². The summed E-state index contributed by atoms with van der Waals surface area (Å²) in [7, 11) is -11.0. The predicted molar refractivity (Wildman–Crippen MR) is 118 cm³/mol. The number of aliphatic hydroxyl groups excluding tert-OH is 4. The molecule has 38 heavy (non-hydrogen) atoms. The second-order valence-corrected chi connectivity index (χ2v) is 11.2. The molecule has 10 atom stereocenters. The average Bonchev–Trinajstić information content (AvgIpc) is 3.35. The molecule has 2 aromatic heterocycles. The van der Waals surface area contributed by atoms with E-state index in [0.717, 1.165) is 17.8 Å². The highest BCUT2D eigenvalue weighted by atomic mass is 31.3. The van der Waals surface area contributed by atoms with Crippen LogP contribution in [0.25, 0.3) is 11.2 Å². The first-order valence-corrected chi connectivity index (χ1v) is 13.6. The molecule has 4 unspecified atom stereocenters. The molecule has 0 saturated carbocycles. The van der Waals surface area contributed by atoms with Gasteiger partial charge in [0.25, 0.3) is 5.56 Å². The molecule has 9 N–H and O–H groups in total. The molecule has 2 aliphatic rings. The first kappa shape index (κ1) is 28.8. The highest BCUT2D eigenvalue weighted by Crippen LogP contribution is 2.61. The number of phosphoric ester groups is 2. The molecule has 4 rings (SSSR count). The summed E-state index contributed by atoms with van der Waals surface area (Å²) in [4.78, 5) is 53.2. The molecule has 0 spiro atoms. The first-order valence-electron chi connectivity index (χ1n) is 10.6. The monoisotopic (exact) mass is 587 g/mol. The number of carbonyl (C=O) groups is 1. The summed E-state index contributed by atoms with van der Waals surface area (Å²) in [5, 5.41) is 40.2. The molecular weight excluding hydrogens is 564 g/mol. The number of nitrogen functional groups attached to an aromatic ring is 1. The van der Waals surface area contributed by atoms with Crippen LogP contribution in [0.4, 0.5) is 5.95 Å². The van der Waals surface area contributed by atoms with Crippen molar-refractivity contribution in [1.82, 2.24) is 19.5 Å². The minimum absolute atomic E-state index is 0.105. The molecule has 0 aromatic carbocycles. The predicted octanol–water partition coefficient (Wildman–Crippen LogP) is -3.39. The van der Waals surface area contributed by atoms with Crippen molar-refractivity contribution in [3.8, 4) is 0 Å². The maximum Gasteiger partial charge on any atom is 0.483 e. The van der Waals surface area contributed by atoms with E-state index in [-0.39, 0.29) is 17.1 Å². The topological polar surface area (TPSA) is 308 Å². The number of hydrogen-bond acceptors (Lipinski definition) is 16. The number of nitrogens with two attached hydrogens (primary N) is 1. The number of aromatic nitrogens is 4. The van der Waals surface area contributed by atoms with Gasteiger partial charge in [0.2, 0.25) is 5.95 Å². The van der Waals surface area contributed by atoms with Crippen LogP contribution in [0, 0.1) is 0 Å². The zero-order chi connectivity index (χ0) is 28.2. The average molecular weight is 587 g/mol. The zero-order valence-electron chi connectivity index (χ0n) is 19.1. The van der Waals surface area contributed by atoms with E-state index in [1.165, 1.54) is 0 Å². The van der Waals surface area contributed by atoms with Crippen molar-refractivity contribution in [1.29, 1.82) is 0 Å². The van der Waals surface area contributed by atoms with E-state index in [0.29, 0.717) is 0 Å². The fourth-order valence-corrected chi connectivity index (χ4v) is 5.85. The number of nitrogens with one attached hydrogen (secondary N) is 1. The molecule has 4 heterocycles. The number of Topliss-reactive ketones (excluding diaryl/α,β-unsaturated/α-hetero) is 1. The Hall–Kier alpha value is -2.16. The van der Waals surface area contributed by atoms with Crippen LogP contribution < -0.4 is 11.3 Å². The van der Waals surface area contributed by atoms with Crippen LogP contribution in [-0.4, -0.2) is 105 Å². The van der Waals surface area contributed by atoms with Crippen molar-refractivity contribution in [2.45, 2.75) is 56.1 Å². The number of anilines is 1. The lowest BCUT2D eigenvalue weighted by Crippen LogP contribution is -2.54. The zero-order valence-corrected chi connectivity index (χ0v) is 20.9. The van der Waals surface area contributed by atoms with E-state index in [1.807, 2.05) is 0 Å². The van der Waals surface area contributed by atoms with Gasteiger partial charge in [-0.3, -0.25) is 28.2 Å². The van der Waals surface area contributed by atoms with Gasteiger partial charge in [0, 0.05) is 0 Å². The Bertz CT molecular complexity index is 1370. The summed E-state index contributed by atoms with van der Waals surface area (Å²) >= 11 is 0. The fraction of sp³-hybridized carbons (Fsp3) is 0.625. The molecule has 212 valence electrons. The van der Waals surface area contributed by atoms with E-state index in [9.17, 15) is 48.9 Å². The lowest BCUT2D eigenvalue weighted by Gasteiger charge is -2.34. The van der Waals surface area contributed by atoms with E-state index in [1.54, 1.807) is 0 Å². The Kier molecular flexibility index (Phi) is 7.92. The minimum Gasteiger partial charge on any atom is -0.387 e. The smallest absolute Gasteiger partial charge is 0.387 e. The Balaban J connectivity index is 1.40. The molecule has 22 heteroatoms. The normalized spacial score (nSPS) is 35.3. The third kappa shape index (κ3) is 5.73. The van der Waals surface area contributed by atoms with Gasteiger partial charge in [-0.2, -0.15) is 9.29 Å². The summed E-state index contributed by atoms with van der Waals surface area (Å²) in [6.07, 6.45) is -12.9. The second-order valence-electron chi connectivity index (χ2n) is 8.23. The highest BCUT2D eigenvalue weighted by Gasteiger charge is 2.49. The Morgan fingerprint density at radius 3 is 2.47 bits per heavy atom. The van der Waals surface area contributed by atoms with Gasteiger partial charge in [0.15, 0.2) is 29.5 Å². The number of ether oxygens (including phenoxy) is 2. The van der Waals surface area contributed by atoms with E-state index < -0.39 is 82.7 Å². The number of aliphatic hydroxyl groups is 4. The Morgan fingerprint density at radius 1 is 1.11 bits per heavy atom. The third-order valence-electron chi connectivity index (χ3n) is 5.54. The number of carbonyl (C=O) groups excluding carboxylic acids is 1. The number of phosphoric acid groups is 2. The van der Waals surface area contributed by atoms with Crippen LogP contribution in [0.15, 0.2) is 11.1 Å². The number of H-pyrrole nitrogens is 1. The van der Waals surface area contributed by atoms with Crippen LogP contribution in [0.3, 0.4) is 0 Å². The van der Waals surface area contributed by atoms with Crippen molar-refractivity contribution in [3.05, 3.63) is 16.7 Å². The van der Waals surface area contributed by atoms with Crippen LogP contribution in [-0.2, 0) is 36.8 Å². The highest BCUT2D eigenvalue weighted by molar-refractivity contribution is 7.61. The molecule has 0 amide bonds. The first-order chi connectivity index (χ1) is 17.6. The molecule has 20 nitrogen and oxygen atoms in total. The lowest BCUT2D eigenvalue weighted by molar-refractivity contribution is -0.226. The second kappa shape index (κ2) is 10.4. The van der Waals surface area contributed by atoms with Gasteiger partial charge < -0.3 is 45.4 Å². The van der Waals surface area contributed by atoms with Gasteiger partial charge in [-0.15, -0.1) is 0 Å². The summed E-state index contributed by atoms with van der Waals surface area (Å²) in [6.45, 7) is 0.180. The van der Waals surface area contributed by atoms with Crippen molar-refractivity contribution in [2.24, 2.45) is 0 Å². The summed E-state index contributed by atoms with van der Waals surface area (Å²) in [6, 6.07) is 0. The van der Waals surface area contributed by atoms with Crippen molar-refractivity contribution >= 4 is 38.5 Å². The molecule has 0 radical (unpaired) electrons. The molecule has 2 fully saturated rings. The molecule has 2 aromatic rings. The number of nitrogens with zero attached hydrogens (tertiary/aromatic N) is 3. The SMILES string of the molecule is C[C@@H]1OC(OP(=O)(O)OP(=O)(O)OCC2O[C@@H](n3cnc4c(=O)[nH]c(N)nc43)[C@H](O)[C@@H]2O)[C@@H](O)[C@H](O)C1=O. The van der Waals surface area contributed by atoms with Gasteiger partial charge in [0.1, 0.15) is 36.6 Å². The van der Waals surface area contributed by atoms with Crippen LogP contribution in [0.5, 0.6) is 0 Å². The van der Waals surface area contributed by atoms with Crippen molar-refractivity contribution in [3.63, 3.8) is 0 Å². The van der Waals surface area contributed by atoms with Crippen molar-refractivity contribution in [2.75, 3.05) is 12.3 Å². The molecule has 2 saturated heterocycles. The maximum atomic E-state index is 12.3. The van der Waals surface area contributed by atoms with Crippen molar-refractivity contribution < 1.29 is 67.0 Å². The number of ketones is 1. The van der Waals surface area contributed by atoms with Gasteiger partial charge >= 0.3 is 15.6 Å². The largest absolute Gasteiger partial charge is 0.483 e. The van der Waals surface area contributed by atoms with Gasteiger partial charge in [-0.1, -0.05) is 0 Å². The number of fused-ring (bicyclic) bond motifs is 1. The number of hydrogen-bond donors (Lipinski definition) is 8. The summed E-state index contributed by atoms with van der Waals surface area (Å²) in [5.74, 6) is -1.21.